The molecule has 0 saturated heterocycles. The van der Waals surface area contributed by atoms with Gasteiger partial charge in [0.1, 0.15) is 12.4 Å². The van der Waals surface area contributed by atoms with Gasteiger partial charge in [-0.15, -0.1) is 0 Å². The average Bonchev–Trinajstić information content (AvgIpc) is 2.72. The van der Waals surface area contributed by atoms with Crippen LogP contribution >= 0.6 is 0 Å². The molecule has 0 saturated carbocycles. The average molecular weight is 248 g/mol. The normalized spacial score (nSPS) is 19.2. The number of rotatable bonds is 4. The highest BCUT2D eigenvalue weighted by Gasteiger charge is 2.25. The summed E-state index contributed by atoms with van der Waals surface area (Å²) in [6.45, 7) is 4.54. The minimum atomic E-state index is -0.0948. The maximum absolute atomic E-state index is 11.9. The fraction of sp³-hybridized carbons (Fsp3) is 0.500. The van der Waals surface area contributed by atoms with E-state index in [4.69, 9.17) is 10.5 Å². The summed E-state index contributed by atoms with van der Waals surface area (Å²) < 4.78 is 5.52. The van der Waals surface area contributed by atoms with E-state index in [1.165, 1.54) is 0 Å². The van der Waals surface area contributed by atoms with Crippen LogP contribution in [0.25, 0.3) is 0 Å². The van der Waals surface area contributed by atoms with Gasteiger partial charge in [0.2, 0.25) is 5.91 Å². The summed E-state index contributed by atoms with van der Waals surface area (Å²) in [6.07, 6.45) is 0.357. The molecule has 3 N–H and O–H groups in total. The number of para-hydroxylation sites is 1. The lowest BCUT2D eigenvalue weighted by Crippen LogP contribution is -2.36. The monoisotopic (exact) mass is 248 g/mol. The Labute approximate surface area is 108 Å². The van der Waals surface area contributed by atoms with Gasteiger partial charge in [0, 0.05) is 18.0 Å². The molecule has 2 rings (SSSR count). The molecular formula is C14H20N2O2. The van der Waals surface area contributed by atoms with Crippen molar-refractivity contribution in [1.82, 2.24) is 5.32 Å². The van der Waals surface area contributed by atoms with E-state index < -0.39 is 0 Å². The van der Waals surface area contributed by atoms with Crippen molar-refractivity contribution in [1.29, 1.82) is 0 Å². The van der Waals surface area contributed by atoms with Crippen molar-refractivity contribution in [3.8, 4) is 5.75 Å². The summed E-state index contributed by atoms with van der Waals surface area (Å²) in [5.74, 6) is 1.15. The van der Waals surface area contributed by atoms with E-state index in [1.807, 2.05) is 38.1 Å². The fourth-order valence-corrected chi connectivity index (χ4v) is 1.99. The second-order valence-electron chi connectivity index (χ2n) is 5.08. The third-order valence-electron chi connectivity index (χ3n) is 3.31. The quantitative estimate of drug-likeness (QED) is 0.851. The molecule has 0 radical (unpaired) electrons. The van der Waals surface area contributed by atoms with Crippen molar-refractivity contribution in [3.05, 3.63) is 29.8 Å². The minimum absolute atomic E-state index is 0.0125. The van der Waals surface area contributed by atoms with Gasteiger partial charge in [-0.3, -0.25) is 4.79 Å². The van der Waals surface area contributed by atoms with E-state index in [9.17, 15) is 4.79 Å². The van der Waals surface area contributed by atoms with Crippen molar-refractivity contribution in [2.75, 3.05) is 6.61 Å². The number of carbonyl (C=O) groups excluding carboxylic acids is 1. The SMILES string of the molecule is CC(C)C(N)CC(=O)NC1COc2ccccc21. The molecule has 1 aromatic carbocycles. The molecular weight excluding hydrogens is 228 g/mol. The van der Waals surface area contributed by atoms with Crippen LogP contribution in [0.3, 0.4) is 0 Å². The summed E-state index contributed by atoms with van der Waals surface area (Å²) >= 11 is 0. The molecule has 0 bridgehead atoms. The summed E-state index contributed by atoms with van der Waals surface area (Å²) in [5.41, 5.74) is 6.94. The summed E-state index contributed by atoms with van der Waals surface area (Å²) in [6, 6.07) is 7.64. The van der Waals surface area contributed by atoms with E-state index >= 15 is 0 Å². The van der Waals surface area contributed by atoms with Crippen molar-refractivity contribution >= 4 is 5.91 Å². The zero-order valence-electron chi connectivity index (χ0n) is 10.8. The van der Waals surface area contributed by atoms with Crippen LogP contribution in [-0.2, 0) is 4.79 Å². The Hall–Kier alpha value is -1.55. The van der Waals surface area contributed by atoms with Crippen molar-refractivity contribution in [2.24, 2.45) is 11.7 Å². The standard InChI is InChI=1S/C14H20N2O2/c1-9(2)11(15)7-14(17)16-12-8-18-13-6-4-3-5-10(12)13/h3-6,9,11-12H,7-8,15H2,1-2H3,(H,16,17). The van der Waals surface area contributed by atoms with Gasteiger partial charge in [0.25, 0.3) is 0 Å². The maximum Gasteiger partial charge on any atom is 0.222 e. The Kier molecular flexibility index (Phi) is 3.87. The summed E-state index contributed by atoms with van der Waals surface area (Å²) in [4.78, 5) is 11.9. The van der Waals surface area contributed by atoms with Gasteiger partial charge in [-0.2, -0.15) is 0 Å². The molecule has 4 heteroatoms. The van der Waals surface area contributed by atoms with E-state index in [2.05, 4.69) is 5.32 Å². The van der Waals surface area contributed by atoms with Gasteiger partial charge in [0.05, 0.1) is 6.04 Å². The number of hydrogen-bond donors (Lipinski definition) is 2. The van der Waals surface area contributed by atoms with E-state index in [1.54, 1.807) is 0 Å². The first-order valence-corrected chi connectivity index (χ1v) is 6.34. The molecule has 18 heavy (non-hydrogen) atoms. The maximum atomic E-state index is 11.9. The second kappa shape index (κ2) is 5.40. The van der Waals surface area contributed by atoms with Gasteiger partial charge in [-0.1, -0.05) is 32.0 Å². The summed E-state index contributed by atoms with van der Waals surface area (Å²) in [7, 11) is 0. The summed E-state index contributed by atoms with van der Waals surface area (Å²) in [5, 5.41) is 2.98. The van der Waals surface area contributed by atoms with Crippen LogP contribution in [0.1, 0.15) is 31.9 Å². The topological polar surface area (TPSA) is 64.4 Å². The largest absolute Gasteiger partial charge is 0.491 e. The molecule has 1 amide bonds. The predicted octanol–water partition coefficient (Wildman–Crippen LogP) is 1.61. The third kappa shape index (κ3) is 2.82. The molecule has 98 valence electrons. The molecule has 1 aliphatic rings. The number of carbonyl (C=O) groups is 1. The van der Waals surface area contributed by atoms with Crippen molar-refractivity contribution < 1.29 is 9.53 Å². The first-order valence-electron chi connectivity index (χ1n) is 6.34. The lowest BCUT2D eigenvalue weighted by atomic mass is 10.0. The van der Waals surface area contributed by atoms with Crippen LogP contribution in [0.15, 0.2) is 24.3 Å². The highest BCUT2D eigenvalue weighted by Crippen LogP contribution is 2.31. The number of hydrogen-bond acceptors (Lipinski definition) is 3. The van der Waals surface area contributed by atoms with Gasteiger partial charge < -0.3 is 15.8 Å². The van der Waals surface area contributed by atoms with Gasteiger partial charge in [-0.05, 0) is 12.0 Å². The third-order valence-corrected chi connectivity index (χ3v) is 3.31. The Morgan fingerprint density at radius 2 is 2.22 bits per heavy atom. The number of ether oxygens (including phenoxy) is 1. The van der Waals surface area contributed by atoms with Crippen LogP contribution in [0.4, 0.5) is 0 Å². The minimum Gasteiger partial charge on any atom is -0.491 e. The van der Waals surface area contributed by atoms with Crippen LogP contribution in [0, 0.1) is 5.92 Å². The highest BCUT2D eigenvalue weighted by atomic mass is 16.5. The Bertz CT molecular complexity index is 432. The second-order valence-corrected chi connectivity index (χ2v) is 5.08. The van der Waals surface area contributed by atoms with Crippen LogP contribution in [0.2, 0.25) is 0 Å². The number of nitrogens with two attached hydrogens (primary N) is 1. The number of nitrogens with one attached hydrogen (secondary N) is 1. The molecule has 1 heterocycles. The van der Waals surface area contributed by atoms with Crippen LogP contribution in [-0.4, -0.2) is 18.6 Å². The molecule has 0 aliphatic carbocycles. The molecule has 2 unspecified atom stereocenters. The van der Waals surface area contributed by atoms with Gasteiger partial charge in [-0.25, -0.2) is 0 Å². The first-order chi connectivity index (χ1) is 8.58. The molecule has 0 spiro atoms. The fourth-order valence-electron chi connectivity index (χ4n) is 1.99. The van der Waals surface area contributed by atoms with E-state index in [0.29, 0.717) is 18.9 Å². The predicted molar refractivity (Wildman–Crippen MR) is 70.3 cm³/mol. The van der Waals surface area contributed by atoms with Crippen molar-refractivity contribution in [2.45, 2.75) is 32.4 Å². The molecule has 1 aliphatic heterocycles. The Morgan fingerprint density at radius 3 is 2.94 bits per heavy atom. The van der Waals surface area contributed by atoms with Gasteiger partial charge >= 0.3 is 0 Å². The van der Waals surface area contributed by atoms with Crippen LogP contribution < -0.4 is 15.8 Å². The lowest BCUT2D eigenvalue weighted by molar-refractivity contribution is -0.122. The van der Waals surface area contributed by atoms with Crippen molar-refractivity contribution in [3.63, 3.8) is 0 Å². The van der Waals surface area contributed by atoms with E-state index in [0.717, 1.165) is 11.3 Å². The molecule has 0 fully saturated rings. The zero-order chi connectivity index (χ0) is 13.1. The van der Waals surface area contributed by atoms with Gasteiger partial charge in [0.15, 0.2) is 0 Å². The first kappa shape index (κ1) is 12.9. The number of amides is 1. The Morgan fingerprint density at radius 1 is 1.50 bits per heavy atom. The zero-order valence-corrected chi connectivity index (χ0v) is 10.8. The highest BCUT2D eigenvalue weighted by molar-refractivity contribution is 5.77. The number of benzene rings is 1. The molecule has 2 atom stereocenters. The Balaban J connectivity index is 1.94. The lowest BCUT2D eigenvalue weighted by Gasteiger charge is -2.17. The number of fused-ring (bicyclic) bond motifs is 1. The molecule has 1 aromatic rings. The molecule has 4 nitrogen and oxygen atoms in total. The molecule has 0 aromatic heterocycles. The van der Waals surface area contributed by atoms with Crippen LogP contribution in [0.5, 0.6) is 5.75 Å². The smallest absolute Gasteiger partial charge is 0.222 e. The van der Waals surface area contributed by atoms with E-state index in [-0.39, 0.29) is 18.0 Å².